The molecule has 1 saturated heterocycles. The van der Waals surface area contributed by atoms with Crippen LogP contribution >= 0.6 is 23.1 Å². The van der Waals surface area contributed by atoms with Crippen LogP contribution < -0.4 is 9.64 Å². The Morgan fingerprint density at radius 2 is 2.15 bits per heavy atom. The first-order valence-corrected chi connectivity index (χ1v) is 7.72. The van der Waals surface area contributed by atoms with Gasteiger partial charge >= 0.3 is 0 Å². The highest BCUT2D eigenvalue weighted by atomic mass is 35.5. The van der Waals surface area contributed by atoms with E-state index in [-0.39, 0.29) is 0 Å². The van der Waals surface area contributed by atoms with Crippen molar-refractivity contribution in [2.75, 3.05) is 24.6 Å². The summed E-state index contributed by atoms with van der Waals surface area (Å²) >= 11 is 7.20. The predicted molar refractivity (Wildman–Crippen MR) is 79.6 cm³/mol. The van der Waals surface area contributed by atoms with Crippen LogP contribution in [0.4, 0.5) is 5.13 Å². The number of nitrogens with zero attached hydrogens (tertiary/aromatic N) is 4. The van der Waals surface area contributed by atoms with Gasteiger partial charge in [-0.1, -0.05) is 11.6 Å². The summed E-state index contributed by atoms with van der Waals surface area (Å²) in [5.41, 5.74) is 0. The van der Waals surface area contributed by atoms with Crippen molar-refractivity contribution >= 4 is 28.3 Å². The molecule has 1 aliphatic rings. The van der Waals surface area contributed by atoms with E-state index < -0.39 is 0 Å². The molecule has 2 aromatic rings. The molecule has 106 valence electrons. The van der Waals surface area contributed by atoms with Crippen LogP contribution in [0.3, 0.4) is 0 Å². The third kappa shape index (κ3) is 3.37. The third-order valence-corrected chi connectivity index (χ3v) is 4.37. The lowest BCUT2D eigenvalue weighted by atomic mass is 9.98. The molecule has 0 N–H and O–H groups in total. The molecule has 1 fully saturated rings. The topological polar surface area (TPSA) is 51.1 Å². The second kappa shape index (κ2) is 6.37. The monoisotopic (exact) mass is 310 g/mol. The average molecular weight is 311 g/mol. The van der Waals surface area contributed by atoms with Gasteiger partial charge in [-0.2, -0.15) is 4.37 Å². The zero-order chi connectivity index (χ0) is 13.8. The van der Waals surface area contributed by atoms with Gasteiger partial charge in [-0.05, 0) is 30.9 Å². The molecular formula is C13H15ClN4OS. The van der Waals surface area contributed by atoms with E-state index in [0.717, 1.165) is 43.4 Å². The minimum Gasteiger partial charge on any atom is -0.492 e. The summed E-state index contributed by atoms with van der Waals surface area (Å²) in [6, 6.07) is 3.60. The first kappa shape index (κ1) is 13.6. The highest BCUT2D eigenvalue weighted by molar-refractivity contribution is 7.09. The zero-order valence-electron chi connectivity index (χ0n) is 10.9. The molecule has 0 aromatic carbocycles. The number of pyridine rings is 1. The van der Waals surface area contributed by atoms with Crippen molar-refractivity contribution in [3.8, 4) is 5.75 Å². The molecule has 0 atom stereocenters. The minimum atomic E-state index is 0.489. The fourth-order valence-corrected chi connectivity index (χ4v) is 2.95. The summed E-state index contributed by atoms with van der Waals surface area (Å²) in [6.45, 7) is 2.76. The SMILES string of the molecule is Clc1ccc(OCC2CCN(c3ncns3)CC2)cn1. The number of hydrogen-bond acceptors (Lipinski definition) is 6. The lowest BCUT2D eigenvalue weighted by Gasteiger charge is -2.31. The van der Waals surface area contributed by atoms with E-state index in [0.29, 0.717) is 11.1 Å². The van der Waals surface area contributed by atoms with E-state index in [4.69, 9.17) is 16.3 Å². The van der Waals surface area contributed by atoms with Crippen molar-refractivity contribution in [2.24, 2.45) is 5.92 Å². The van der Waals surface area contributed by atoms with Gasteiger partial charge in [-0.25, -0.2) is 9.97 Å². The fourth-order valence-electron chi connectivity index (χ4n) is 2.26. The summed E-state index contributed by atoms with van der Waals surface area (Å²) < 4.78 is 9.81. The van der Waals surface area contributed by atoms with Crippen LogP contribution in [0.1, 0.15) is 12.8 Å². The summed E-state index contributed by atoms with van der Waals surface area (Å²) in [4.78, 5) is 10.5. The minimum absolute atomic E-state index is 0.489. The lowest BCUT2D eigenvalue weighted by Crippen LogP contribution is -2.35. The Morgan fingerprint density at radius 1 is 1.30 bits per heavy atom. The molecule has 1 aliphatic heterocycles. The largest absolute Gasteiger partial charge is 0.492 e. The van der Waals surface area contributed by atoms with Gasteiger partial charge in [0.25, 0.3) is 0 Å². The Kier molecular flexibility index (Phi) is 4.32. The molecule has 0 amide bonds. The predicted octanol–water partition coefficient (Wildman–Crippen LogP) is 2.88. The second-order valence-corrected chi connectivity index (χ2v) is 5.93. The molecule has 3 heterocycles. The Morgan fingerprint density at radius 3 is 2.80 bits per heavy atom. The quantitative estimate of drug-likeness (QED) is 0.813. The van der Waals surface area contributed by atoms with Crippen molar-refractivity contribution in [3.05, 3.63) is 29.8 Å². The molecule has 0 aliphatic carbocycles. The van der Waals surface area contributed by atoms with Crippen LogP contribution in [0.5, 0.6) is 5.75 Å². The van der Waals surface area contributed by atoms with Crippen molar-refractivity contribution < 1.29 is 4.74 Å². The smallest absolute Gasteiger partial charge is 0.204 e. The van der Waals surface area contributed by atoms with Crippen LogP contribution in [0.2, 0.25) is 5.15 Å². The maximum absolute atomic E-state index is 5.76. The van der Waals surface area contributed by atoms with Gasteiger partial charge in [0.15, 0.2) is 0 Å². The first-order chi connectivity index (χ1) is 9.81. The Bertz CT molecular complexity index is 526. The van der Waals surface area contributed by atoms with Crippen molar-refractivity contribution in [1.29, 1.82) is 0 Å². The first-order valence-electron chi connectivity index (χ1n) is 6.57. The fraction of sp³-hybridized carbons (Fsp3) is 0.462. The molecule has 0 bridgehead atoms. The summed E-state index contributed by atoms with van der Waals surface area (Å²) in [7, 11) is 0. The van der Waals surface area contributed by atoms with Gasteiger partial charge in [0.1, 0.15) is 17.2 Å². The van der Waals surface area contributed by atoms with Crippen LogP contribution in [0.15, 0.2) is 24.7 Å². The highest BCUT2D eigenvalue weighted by Gasteiger charge is 2.21. The molecule has 0 radical (unpaired) electrons. The van der Waals surface area contributed by atoms with Crippen LogP contribution in [-0.4, -0.2) is 34.0 Å². The molecule has 5 nitrogen and oxygen atoms in total. The number of hydrogen-bond donors (Lipinski definition) is 0. The maximum Gasteiger partial charge on any atom is 0.204 e. The van der Waals surface area contributed by atoms with Gasteiger partial charge in [0.2, 0.25) is 5.13 Å². The van der Waals surface area contributed by atoms with E-state index in [1.807, 2.05) is 6.07 Å². The van der Waals surface area contributed by atoms with E-state index in [9.17, 15) is 0 Å². The molecule has 7 heteroatoms. The normalized spacial score (nSPS) is 16.4. The molecule has 20 heavy (non-hydrogen) atoms. The summed E-state index contributed by atoms with van der Waals surface area (Å²) in [6.07, 6.45) is 5.50. The number of ether oxygens (including phenoxy) is 1. The molecule has 0 unspecified atom stereocenters. The van der Waals surface area contributed by atoms with Crippen molar-refractivity contribution in [2.45, 2.75) is 12.8 Å². The van der Waals surface area contributed by atoms with Crippen LogP contribution in [0.25, 0.3) is 0 Å². The van der Waals surface area contributed by atoms with Gasteiger partial charge in [-0.3, -0.25) is 0 Å². The maximum atomic E-state index is 5.76. The van der Waals surface area contributed by atoms with Gasteiger partial charge in [0, 0.05) is 24.6 Å². The third-order valence-electron chi connectivity index (χ3n) is 3.42. The standard InChI is InChI=1S/C13H15ClN4OS/c14-12-2-1-11(7-15-12)19-8-10-3-5-18(6-4-10)13-16-9-17-20-13/h1-2,7,9-10H,3-6,8H2. The number of halogens is 1. The molecule has 2 aromatic heterocycles. The molecule has 0 saturated carbocycles. The second-order valence-electron chi connectivity index (χ2n) is 4.78. The average Bonchev–Trinajstić information content (AvgIpc) is 3.01. The molecule has 0 spiro atoms. The van der Waals surface area contributed by atoms with Gasteiger partial charge < -0.3 is 9.64 Å². The van der Waals surface area contributed by atoms with Crippen molar-refractivity contribution in [3.63, 3.8) is 0 Å². The highest BCUT2D eigenvalue weighted by Crippen LogP contribution is 2.24. The van der Waals surface area contributed by atoms with E-state index in [2.05, 4.69) is 19.2 Å². The Balaban J connectivity index is 1.45. The van der Waals surface area contributed by atoms with E-state index in [1.165, 1.54) is 11.5 Å². The number of piperidine rings is 1. The number of anilines is 1. The van der Waals surface area contributed by atoms with Crippen LogP contribution in [0, 0.1) is 5.92 Å². The van der Waals surface area contributed by atoms with E-state index in [1.54, 1.807) is 18.6 Å². The van der Waals surface area contributed by atoms with Crippen molar-refractivity contribution in [1.82, 2.24) is 14.3 Å². The summed E-state index contributed by atoms with van der Waals surface area (Å²) in [5, 5.41) is 1.51. The van der Waals surface area contributed by atoms with Crippen LogP contribution in [-0.2, 0) is 0 Å². The van der Waals surface area contributed by atoms with Gasteiger partial charge in [-0.15, -0.1) is 0 Å². The van der Waals surface area contributed by atoms with Gasteiger partial charge in [0.05, 0.1) is 12.8 Å². The Labute approximate surface area is 126 Å². The number of rotatable bonds is 4. The molecular weight excluding hydrogens is 296 g/mol. The van der Waals surface area contributed by atoms with E-state index >= 15 is 0 Å². The zero-order valence-corrected chi connectivity index (χ0v) is 12.5. The Hall–Kier alpha value is -1.40. The lowest BCUT2D eigenvalue weighted by molar-refractivity contribution is 0.222. The molecule has 3 rings (SSSR count). The summed E-state index contributed by atoms with van der Waals surface area (Å²) in [5.74, 6) is 1.36. The number of aromatic nitrogens is 3.